The third-order valence-electron chi connectivity index (χ3n) is 13.6. The molecule has 0 saturated heterocycles. The van der Waals surface area contributed by atoms with E-state index in [1.165, 1.54) is 12.1 Å². The molecule has 3 aromatic heterocycles. The van der Waals surface area contributed by atoms with Crippen LogP contribution in [0.15, 0.2) is 194 Å². The minimum atomic E-state index is -6.40. The van der Waals surface area contributed by atoms with Crippen molar-refractivity contribution in [2.24, 2.45) is 0 Å². The average Bonchev–Trinajstić information content (AvgIpc) is 3.34. The zero-order valence-electron chi connectivity index (χ0n) is 49.3. The van der Waals surface area contributed by atoms with Crippen molar-refractivity contribution in [3.05, 3.63) is 199 Å². The van der Waals surface area contributed by atoms with Gasteiger partial charge in [0, 0.05) is 0 Å². The summed E-state index contributed by atoms with van der Waals surface area (Å²) in [4.78, 5) is 23.2. The summed E-state index contributed by atoms with van der Waals surface area (Å²) in [5.41, 5.74) is 1.86. The van der Waals surface area contributed by atoms with Crippen molar-refractivity contribution in [1.82, 2.24) is 24.5 Å². The third-order valence-corrected chi connectivity index (χ3v) is 22.4. The van der Waals surface area contributed by atoms with Crippen LogP contribution in [0.2, 0.25) is 0 Å². The Hall–Kier alpha value is -6.90. The molecule has 2 atom stereocenters. The number of para-hydroxylation sites is 1. The molecule has 2 aliphatic rings. The summed E-state index contributed by atoms with van der Waals surface area (Å²) in [7, 11) is 0. The predicted molar refractivity (Wildman–Crippen MR) is 261 cm³/mol. The summed E-state index contributed by atoms with van der Waals surface area (Å²) in [6, 6.07) is 17.9. The maximum atomic E-state index is 9.65. The number of hydrogen-bond donors (Lipinski definition) is 0. The molecule has 0 amide bonds. The molecule has 1 aliphatic carbocycles. The Bertz CT molecular complexity index is 4010. The first kappa shape index (κ1) is 25.3. The molecular weight excluding hydrogens is 829 g/mol. The number of hydrogen-bond acceptors (Lipinski definition) is 5. The van der Waals surface area contributed by atoms with E-state index in [1.807, 2.05) is 59.2 Å². The fourth-order valence-corrected chi connectivity index (χ4v) is 18.5. The van der Waals surface area contributed by atoms with Crippen LogP contribution in [0, 0.1) is 0 Å². The van der Waals surface area contributed by atoms with Crippen LogP contribution in [0.4, 0.5) is 11.8 Å². The second-order valence-corrected chi connectivity index (χ2v) is 24.2. The van der Waals surface area contributed by atoms with Gasteiger partial charge in [-0.15, -0.1) is 0 Å². The molecule has 1 fully saturated rings. The SMILES string of the molecule is [2H]c1c([2H])c([2H])[c]([Ge]([c]2cccc(-c3nc(N4c5ncccc5C5(C)CCCCC45C)nc(-n4c5ccccc5c5ccc6ccccc6c54)n3)c2)([c]2c([2H])c([2H])c([2H])c([2H])c2[2H])[c]2c([2H])c([2H])c([2H])c([2H])c2[2H])c([2H])c1[2H]. The molecular formula is C56H46GeN6. The maximum absolute atomic E-state index is 9.65. The van der Waals surface area contributed by atoms with Crippen LogP contribution >= 0.6 is 0 Å². The van der Waals surface area contributed by atoms with Crippen LogP contribution < -0.4 is 22.5 Å². The molecule has 12 rings (SSSR count). The van der Waals surface area contributed by atoms with E-state index in [4.69, 9.17) is 32.3 Å². The van der Waals surface area contributed by atoms with Crippen molar-refractivity contribution in [2.75, 3.05) is 4.90 Å². The van der Waals surface area contributed by atoms with Gasteiger partial charge in [0.1, 0.15) is 0 Å². The summed E-state index contributed by atoms with van der Waals surface area (Å²) < 4.78 is 138. The first-order chi connectivity index (χ1) is 37.2. The van der Waals surface area contributed by atoms with Crippen LogP contribution in [0.1, 0.15) is 65.7 Å². The summed E-state index contributed by atoms with van der Waals surface area (Å²) in [5.74, 6) is 1.19. The number of anilines is 2. The Kier molecular flexibility index (Phi) is 5.86. The molecule has 2 unspecified atom stereocenters. The van der Waals surface area contributed by atoms with Gasteiger partial charge >= 0.3 is 392 Å². The van der Waals surface area contributed by atoms with Gasteiger partial charge in [-0.2, -0.15) is 0 Å². The minimum absolute atomic E-state index is 0.0190. The van der Waals surface area contributed by atoms with E-state index in [1.54, 1.807) is 18.3 Å². The summed E-state index contributed by atoms with van der Waals surface area (Å²) in [6.07, 6.45) is 5.28. The molecule has 1 aliphatic heterocycles. The fourth-order valence-electron chi connectivity index (χ4n) is 10.5. The monoisotopic (exact) mass is 891 g/mol. The Morgan fingerprint density at radius 3 is 1.95 bits per heavy atom. The van der Waals surface area contributed by atoms with Crippen molar-refractivity contribution in [3.8, 4) is 17.3 Å². The molecule has 4 heterocycles. The standard InChI is InChI=1S/C56H46GeN6/c1-55-35-16-17-36-56(55,2)63(52-48(55)31-19-37-58-52)54-60-51(59-53(61-54)62-49-32-15-14-30-46(49)47-34-33-39-20-12-13-29-45(39)50(47)62)40-21-18-28-44(38-40)57(41-22-6-3-7-23-41,42-24-8-4-9-25-42)43-26-10-5-11-27-43/h3-15,18-34,37-38H,16-17,35-36H2,1-2H3/i3D,4D,5D,6D,7D,8D,9D,10D,11D,22D,23D,24D,25D,26D,27D. The van der Waals surface area contributed by atoms with E-state index in [2.05, 4.69) is 36.9 Å². The number of benzene rings is 7. The van der Waals surface area contributed by atoms with Gasteiger partial charge in [-0.25, -0.2) is 0 Å². The molecule has 0 bridgehead atoms. The Balaban J connectivity index is 1.25. The molecule has 63 heavy (non-hydrogen) atoms. The quantitative estimate of drug-likeness (QED) is 0.149. The molecule has 1 saturated carbocycles. The summed E-state index contributed by atoms with van der Waals surface area (Å²) in [5, 5.41) is 3.75. The number of nitrogens with zero attached hydrogens (tertiary/aromatic N) is 6. The van der Waals surface area contributed by atoms with Crippen molar-refractivity contribution in [3.63, 3.8) is 0 Å². The second kappa shape index (κ2) is 14.6. The van der Waals surface area contributed by atoms with E-state index < -0.39 is 128 Å². The van der Waals surface area contributed by atoms with Crippen molar-refractivity contribution in [1.29, 1.82) is 0 Å². The van der Waals surface area contributed by atoms with Gasteiger partial charge in [-0.3, -0.25) is 0 Å². The van der Waals surface area contributed by atoms with E-state index in [-0.39, 0.29) is 27.7 Å². The van der Waals surface area contributed by atoms with Crippen molar-refractivity contribution in [2.45, 2.75) is 50.5 Å². The van der Waals surface area contributed by atoms with Gasteiger partial charge in [0.2, 0.25) is 0 Å². The molecule has 304 valence electrons. The van der Waals surface area contributed by atoms with Gasteiger partial charge in [0.25, 0.3) is 0 Å². The zero-order valence-corrected chi connectivity index (χ0v) is 36.4. The molecule has 10 aromatic rings. The number of fused-ring (bicyclic) bond motifs is 8. The topological polar surface area (TPSA) is 59.7 Å². The van der Waals surface area contributed by atoms with Crippen LogP contribution in [-0.2, 0) is 5.41 Å². The van der Waals surface area contributed by atoms with E-state index >= 15 is 0 Å². The third kappa shape index (κ3) is 5.56. The van der Waals surface area contributed by atoms with Crippen LogP contribution in [0.3, 0.4) is 0 Å². The van der Waals surface area contributed by atoms with Gasteiger partial charge in [0.05, 0.1) is 0 Å². The predicted octanol–water partition coefficient (Wildman–Crippen LogP) is 10.3. The van der Waals surface area contributed by atoms with E-state index in [0.29, 0.717) is 5.82 Å². The Morgan fingerprint density at radius 1 is 0.571 bits per heavy atom. The number of rotatable bonds is 7. The van der Waals surface area contributed by atoms with Crippen LogP contribution in [0.5, 0.6) is 0 Å². The van der Waals surface area contributed by atoms with Gasteiger partial charge in [0.15, 0.2) is 0 Å². The Labute approximate surface area is 391 Å². The average molecular weight is 891 g/mol. The first-order valence-electron chi connectivity index (χ1n) is 28.5. The number of pyridine rings is 1. The molecule has 7 heteroatoms. The van der Waals surface area contributed by atoms with Crippen molar-refractivity contribution >= 4 is 75.2 Å². The van der Waals surface area contributed by atoms with Gasteiger partial charge in [-0.05, 0) is 0 Å². The van der Waals surface area contributed by atoms with Gasteiger partial charge < -0.3 is 0 Å². The van der Waals surface area contributed by atoms with E-state index in [0.717, 1.165) is 63.8 Å². The molecule has 0 N–H and O–H groups in total. The summed E-state index contributed by atoms with van der Waals surface area (Å²) in [6.45, 7) is 4.45. The molecule has 7 aromatic carbocycles. The van der Waals surface area contributed by atoms with Crippen LogP contribution in [0.25, 0.3) is 49.9 Å². The van der Waals surface area contributed by atoms with E-state index in [9.17, 15) is 8.22 Å². The Morgan fingerprint density at radius 2 is 1.22 bits per heavy atom. The molecule has 6 nitrogen and oxygen atoms in total. The molecule has 0 spiro atoms. The summed E-state index contributed by atoms with van der Waals surface area (Å²) >= 11 is -6.40. The second-order valence-electron chi connectivity index (χ2n) is 16.6. The molecule has 0 radical (unpaired) electrons. The first-order valence-corrected chi connectivity index (χ1v) is 25.2. The zero-order chi connectivity index (χ0) is 55.2. The van der Waals surface area contributed by atoms with Crippen molar-refractivity contribution < 1.29 is 20.6 Å². The fraction of sp³-hybridized carbons (Fsp3) is 0.143. The number of aromatic nitrogens is 5. The van der Waals surface area contributed by atoms with Gasteiger partial charge in [-0.1, -0.05) is 0 Å². The normalized spacial score (nSPS) is 21.8. The van der Waals surface area contributed by atoms with Crippen LogP contribution in [-0.4, -0.2) is 43.3 Å².